The quantitative estimate of drug-likeness (QED) is 0.711. The molecule has 2 atom stereocenters. The number of fused-ring (bicyclic) bond motifs is 3. The molecule has 1 aromatic carbocycles. The van der Waals surface area contributed by atoms with E-state index in [1.54, 1.807) is 6.07 Å². The summed E-state index contributed by atoms with van der Waals surface area (Å²) in [5, 5.41) is 3.04. The van der Waals surface area contributed by atoms with Crippen molar-refractivity contribution in [3.05, 3.63) is 35.1 Å². The van der Waals surface area contributed by atoms with E-state index in [9.17, 15) is 9.18 Å². The standard InChI is InChI=1S/C13H14FNO/c14-9-2-3-10-8(7-9)1-5-12-11(10)4-6-13(16)15-12/h2-3,7,11-12H,1,4-6H2,(H,15,16)/t11-,12-/m0/s1. The van der Waals surface area contributed by atoms with Crippen LogP contribution in [0.4, 0.5) is 4.39 Å². The van der Waals surface area contributed by atoms with Crippen molar-refractivity contribution in [2.45, 2.75) is 37.6 Å². The van der Waals surface area contributed by atoms with Crippen LogP contribution in [0.15, 0.2) is 18.2 Å². The number of amides is 1. The maximum absolute atomic E-state index is 13.1. The minimum Gasteiger partial charge on any atom is -0.353 e. The third kappa shape index (κ3) is 1.51. The van der Waals surface area contributed by atoms with Gasteiger partial charge in [0.05, 0.1) is 0 Å². The van der Waals surface area contributed by atoms with Crippen molar-refractivity contribution in [2.24, 2.45) is 0 Å². The Bertz CT molecular complexity index is 444. The third-order valence-corrected chi connectivity index (χ3v) is 3.74. The minimum atomic E-state index is -0.156. The Hall–Kier alpha value is -1.38. The van der Waals surface area contributed by atoms with Gasteiger partial charge in [0, 0.05) is 18.4 Å². The molecule has 1 N–H and O–H groups in total. The molecular weight excluding hydrogens is 205 g/mol. The van der Waals surface area contributed by atoms with Crippen molar-refractivity contribution in [1.29, 1.82) is 0 Å². The van der Waals surface area contributed by atoms with E-state index in [2.05, 4.69) is 5.32 Å². The summed E-state index contributed by atoms with van der Waals surface area (Å²) in [6.07, 6.45) is 3.30. The average Bonchev–Trinajstić information content (AvgIpc) is 2.28. The predicted octanol–water partition coefficient (Wildman–Crippen LogP) is 2.13. The first-order chi connectivity index (χ1) is 7.74. The van der Waals surface area contributed by atoms with E-state index >= 15 is 0 Å². The lowest BCUT2D eigenvalue weighted by molar-refractivity contribution is -0.123. The Morgan fingerprint density at radius 1 is 1.25 bits per heavy atom. The summed E-state index contributed by atoms with van der Waals surface area (Å²) >= 11 is 0. The van der Waals surface area contributed by atoms with Crippen molar-refractivity contribution in [2.75, 3.05) is 0 Å². The van der Waals surface area contributed by atoms with Crippen LogP contribution in [0.5, 0.6) is 0 Å². The normalized spacial score (nSPS) is 27.9. The number of piperidine rings is 1. The van der Waals surface area contributed by atoms with Gasteiger partial charge in [-0.1, -0.05) is 6.07 Å². The number of hydrogen-bond acceptors (Lipinski definition) is 1. The van der Waals surface area contributed by atoms with Crippen LogP contribution in [-0.4, -0.2) is 11.9 Å². The van der Waals surface area contributed by atoms with Crippen molar-refractivity contribution >= 4 is 5.91 Å². The van der Waals surface area contributed by atoms with Gasteiger partial charge in [-0.2, -0.15) is 0 Å². The summed E-state index contributed by atoms with van der Waals surface area (Å²) in [6, 6.07) is 5.32. The van der Waals surface area contributed by atoms with Crippen LogP contribution in [0, 0.1) is 5.82 Å². The second-order valence-corrected chi connectivity index (χ2v) is 4.70. The van der Waals surface area contributed by atoms with Gasteiger partial charge >= 0.3 is 0 Å². The summed E-state index contributed by atoms with van der Waals surface area (Å²) < 4.78 is 13.1. The first-order valence-electron chi connectivity index (χ1n) is 5.82. The fourth-order valence-electron chi connectivity index (χ4n) is 2.98. The highest BCUT2D eigenvalue weighted by atomic mass is 19.1. The fraction of sp³-hybridized carbons (Fsp3) is 0.462. The van der Waals surface area contributed by atoms with E-state index in [0.717, 1.165) is 24.8 Å². The van der Waals surface area contributed by atoms with Crippen molar-refractivity contribution < 1.29 is 9.18 Å². The largest absolute Gasteiger partial charge is 0.353 e. The van der Waals surface area contributed by atoms with Gasteiger partial charge < -0.3 is 5.32 Å². The van der Waals surface area contributed by atoms with E-state index in [1.807, 2.05) is 6.07 Å². The highest BCUT2D eigenvalue weighted by Gasteiger charge is 2.33. The van der Waals surface area contributed by atoms with E-state index in [4.69, 9.17) is 0 Å². The van der Waals surface area contributed by atoms with Gasteiger partial charge in [0.25, 0.3) is 0 Å². The van der Waals surface area contributed by atoms with E-state index in [1.165, 1.54) is 11.6 Å². The van der Waals surface area contributed by atoms with Gasteiger partial charge in [-0.05, 0) is 42.5 Å². The second kappa shape index (κ2) is 3.58. The Labute approximate surface area is 93.9 Å². The highest BCUT2D eigenvalue weighted by molar-refractivity contribution is 5.77. The van der Waals surface area contributed by atoms with Gasteiger partial charge in [0.2, 0.25) is 5.91 Å². The molecule has 0 bridgehead atoms. The van der Waals surface area contributed by atoms with E-state index < -0.39 is 0 Å². The number of carbonyl (C=O) groups excluding carboxylic acids is 1. The molecule has 0 unspecified atom stereocenters. The lowest BCUT2D eigenvalue weighted by Crippen LogP contribution is -2.45. The van der Waals surface area contributed by atoms with Crippen molar-refractivity contribution in [3.63, 3.8) is 0 Å². The molecule has 16 heavy (non-hydrogen) atoms. The fourth-order valence-corrected chi connectivity index (χ4v) is 2.98. The topological polar surface area (TPSA) is 29.1 Å². The third-order valence-electron chi connectivity index (χ3n) is 3.74. The zero-order chi connectivity index (χ0) is 11.1. The lowest BCUT2D eigenvalue weighted by Gasteiger charge is -2.37. The number of benzene rings is 1. The maximum Gasteiger partial charge on any atom is 0.220 e. The van der Waals surface area contributed by atoms with Crippen LogP contribution in [0.1, 0.15) is 36.3 Å². The number of aryl methyl sites for hydroxylation is 1. The van der Waals surface area contributed by atoms with Gasteiger partial charge in [-0.15, -0.1) is 0 Å². The first-order valence-corrected chi connectivity index (χ1v) is 5.82. The molecule has 3 rings (SSSR count). The molecule has 1 amide bonds. The van der Waals surface area contributed by atoms with Gasteiger partial charge in [-0.3, -0.25) is 4.79 Å². The number of hydrogen-bond donors (Lipinski definition) is 1. The van der Waals surface area contributed by atoms with Crippen molar-refractivity contribution in [3.8, 4) is 0 Å². The number of rotatable bonds is 0. The summed E-state index contributed by atoms with van der Waals surface area (Å²) in [5.41, 5.74) is 2.36. The molecule has 1 aliphatic carbocycles. The molecule has 0 saturated carbocycles. The second-order valence-electron chi connectivity index (χ2n) is 4.70. The smallest absolute Gasteiger partial charge is 0.220 e. The molecule has 2 aliphatic rings. The molecular formula is C13H14FNO. The molecule has 1 aromatic rings. The maximum atomic E-state index is 13.1. The van der Waals surface area contributed by atoms with Crippen LogP contribution in [0.25, 0.3) is 0 Å². The molecule has 0 spiro atoms. The first kappa shape index (κ1) is 9.82. The molecule has 1 aliphatic heterocycles. The molecule has 2 nitrogen and oxygen atoms in total. The van der Waals surface area contributed by atoms with Gasteiger partial charge in [-0.25, -0.2) is 4.39 Å². The Morgan fingerprint density at radius 3 is 3.00 bits per heavy atom. The van der Waals surface area contributed by atoms with Crippen LogP contribution in [-0.2, 0) is 11.2 Å². The van der Waals surface area contributed by atoms with Crippen LogP contribution in [0.2, 0.25) is 0 Å². The molecule has 1 fully saturated rings. The molecule has 0 radical (unpaired) electrons. The van der Waals surface area contributed by atoms with E-state index in [0.29, 0.717) is 12.3 Å². The van der Waals surface area contributed by atoms with E-state index in [-0.39, 0.29) is 17.8 Å². The van der Waals surface area contributed by atoms with Crippen molar-refractivity contribution in [1.82, 2.24) is 5.32 Å². The lowest BCUT2D eigenvalue weighted by atomic mass is 9.75. The number of nitrogens with one attached hydrogen (secondary N) is 1. The van der Waals surface area contributed by atoms with Gasteiger partial charge in [0.1, 0.15) is 5.82 Å². The zero-order valence-electron chi connectivity index (χ0n) is 9.00. The average molecular weight is 219 g/mol. The highest BCUT2D eigenvalue weighted by Crippen LogP contribution is 2.37. The van der Waals surface area contributed by atoms with Crippen LogP contribution >= 0.6 is 0 Å². The molecule has 1 heterocycles. The summed E-state index contributed by atoms with van der Waals surface area (Å²) in [6.45, 7) is 0. The molecule has 3 heteroatoms. The molecule has 84 valence electrons. The Kier molecular flexibility index (Phi) is 2.20. The Balaban J connectivity index is 1.97. The number of halogens is 1. The van der Waals surface area contributed by atoms with Crippen LogP contribution in [0.3, 0.4) is 0 Å². The SMILES string of the molecule is O=C1CC[C@H]2c3ccc(F)cc3CC[C@@H]2N1. The zero-order valence-corrected chi connectivity index (χ0v) is 9.00. The molecule has 1 saturated heterocycles. The number of carbonyl (C=O) groups is 1. The summed E-state index contributed by atoms with van der Waals surface area (Å²) in [7, 11) is 0. The summed E-state index contributed by atoms with van der Waals surface area (Å²) in [4.78, 5) is 11.3. The van der Waals surface area contributed by atoms with Gasteiger partial charge in [0.15, 0.2) is 0 Å². The predicted molar refractivity (Wildman–Crippen MR) is 58.6 cm³/mol. The minimum absolute atomic E-state index is 0.156. The summed E-state index contributed by atoms with van der Waals surface area (Å²) in [5.74, 6) is 0.394. The Morgan fingerprint density at radius 2 is 2.12 bits per heavy atom. The van der Waals surface area contributed by atoms with Crippen LogP contribution < -0.4 is 5.32 Å². The molecule has 0 aromatic heterocycles. The monoisotopic (exact) mass is 219 g/mol.